The third-order valence-electron chi connectivity index (χ3n) is 3.71. The standard InChI is InChI=1S/C16H19BrN2S2/c1-16(2)7-11(18)15-12(8-16)19-14(21-15)9-20-13-6-4-3-5-10(13)17/h3-6,11H,7-9,18H2,1-2H3. The van der Waals surface area contributed by atoms with Crippen molar-refractivity contribution in [3.05, 3.63) is 44.3 Å². The van der Waals surface area contributed by atoms with Crippen molar-refractivity contribution in [1.82, 2.24) is 4.98 Å². The fourth-order valence-corrected chi connectivity index (χ4v) is 5.45. The lowest BCUT2D eigenvalue weighted by atomic mass is 9.77. The van der Waals surface area contributed by atoms with Gasteiger partial charge in [0.25, 0.3) is 0 Å². The number of nitrogens with two attached hydrogens (primary N) is 1. The van der Waals surface area contributed by atoms with Gasteiger partial charge in [0.05, 0.1) is 11.4 Å². The molecule has 1 unspecified atom stereocenters. The Bertz CT molecular complexity index is 651. The molecule has 1 atom stereocenters. The van der Waals surface area contributed by atoms with E-state index >= 15 is 0 Å². The minimum atomic E-state index is 0.156. The molecule has 2 nitrogen and oxygen atoms in total. The second kappa shape index (κ2) is 6.03. The van der Waals surface area contributed by atoms with Gasteiger partial charge in [-0.1, -0.05) is 26.0 Å². The summed E-state index contributed by atoms with van der Waals surface area (Å²) in [6.45, 7) is 4.56. The Hall–Kier alpha value is -0.360. The van der Waals surface area contributed by atoms with Crippen LogP contribution in [0.4, 0.5) is 0 Å². The summed E-state index contributed by atoms with van der Waals surface area (Å²) in [6.07, 6.45) is 2.10. The molecule has 5 heteroatoms. The summed E-state index contributed by atoms with van der Waals surface area (Å²) < 4.78 is 1.15. The second-order valence-electron chi connectivity index (χ2n) is 6.29. The van der Waals surface area contributed by atoms with Gasteiger partial charge in [-0.3, -0.25) is 0 Å². The number of aromatic nitrogens is 1. The highest BCUT2D eigenvalue weighted by atomic mass is 79.9. The summed E-state index contributed by atoms with van der Waals surface area (Å²) in [5.74, 6) is 0.910. The topological polar surface area (TPSA) is 38.9 Å². The molecule has 1 heterocycles. The van der Waals surface area contributed by atoms with Gasteiger partial charge in [0, 0.05) is 20.3 Å². The lowest BCUT2D eigenvalue weighted by molar-refractivity contribution is 0.282. The Morgan fingerprint density at radius 2 is 2.19 bits per heavy atom. The van der Waals surface area contributed by atoms with Gasteiger partial charge in [-0.05, 0) is 46.3 Å². The molecule has 2 N–H and O–H groups in total. The van der Waals surface area contributed by atoms with Crippen LogP contribution in [-0.2, 0) is 12.2 Å². The fourth-order valence-electron chi connectivity index (χ4n) is 2.81. The zero-order valence-corrected chi connectivity index (χ0v) is 15.4. The lowest BCUT2D eigenvalue weighted by Crippen LogP contribution is -2.28. The zero-order chi connectivity index (χ0) is 15.0. The molecular formula is C16H19BrN2S2. The summed E-state index contributed by atoms with van der Waals surface area (Å²) in [5.41, 5.74) is 7.82. The molecule has 0 aliphatic heterocycles. The molecule has 2 aromatic rings. The van der Waals surface area contributed by atoms with Gasteiger partial charge in [0.1, 0.15) is 5.01 Å². The van der Waals surface area contributed by atoms with Gasteiger partial charge in [-0.25, -0.2) is 4.98 Å². The average Bonchev–Trinajstić information content (AvgIpc) is 2.79. The molecule has 112 valence electrons. The molecule has 0 spiro atoms. The molecule has 1 aromatic heterocycles. The maximum Gasteiger partial charge on any atom is 0.103 e. The van der Waals surface area contributed by atoms with Crippen LogP contribution in [0.25, 0.3) is 0 Å². The molecule has 3 rings (SSSR count). The van der Waals surface area contributed by atoms with E-state index in [1.165, 1.54) is 20.5 Å². The van der Waals surface area contributed by atoms with E-state index in [0.29, 0.717) is 0 Å². The number of fused-ring (bicyclic) bond motifs is 1. The number of thioether (sulfide) groups is 1. The smallest absolute Gasteiger partial charge is 0.103 e. The fraction of sp³-hybridized carbons (Fsp3) is 0.438. The van der Waals surface area contributed by atoms with E-state index in [4.69, 9.17) is 10.7 Å². The van der Waals surface area contributed by atoms with E-state index in [-0.39, 0.29) is 11.5 Å². The van der Waals surface area contributed by atoms with E-state index in [1.807, 2.05) is 17.8 Å². The minimum absolute atomic E-state index is 0.156. The summed E-state index contributed by atoms with van der Waals surface area (Å²) in [7, 11) is 0. The number of thiazole rings is 1. The summed E-state index contributed by atoms with van der Waals surface area (Å²) in [6, 6.07) is 8.48. The van der Waals surface area contributed by atoms with Crippen LogP contribution in [0.1, 0.15) is 41.9 Å². The van der Waals surface area contributed by atoms with E-state index in [1.54, 1.807) is 11.3 Å². The number of rotatable bonds is 3. The number of hydrogen-bond acceptors (Lipinski definition) is 4. The van der Waals surface area contributed by atoms with Crippen molar-refractivity contribution < 1.29 is 0 Å². The molecule has 1 aliphatic carbocycles. The first-order valence-electron chi connectivity index (χ1n) is 7.06. The van der Waals surface area contributed by atoms with Gasteiger partial charge >= 0.3 is 0 Å². The van der Waals surface area contributed by atoms with Crippen molar-refractivity contribution in [1.29, 1.82) is 0 Å². The first kappa shape index (κ1) is 15.5. The van der Waals surface area contributed by atoms with Crippen LogP contribution in [0.15, 0.2) is 33.6 Å². The van der Waals surface area contributed by atoms with Crippen LogP contribution >= 0.6 is 39.0 Å². The van der Waals surface area contributed by atoms with Crippen molar-refractivity contribution in [3.8, 4) is 0 Å². The van der Waals surface area contributed by atoms with E-state index in [2.05, 4.69) is 48.0 Å². The van der Waals surface area contributed by atoms with Crippen molar-refractivity contribution in [2.75, 3.05) is 0 Å². The predicted molar refractivity (Wildman–Crippen MR) is 94.8 cm³/mol. The third kappa shape index (κ3) is 3.52. The maximum atomic E-state index is 6.32. The molecular weight excluding hydrogens is 364 g/mol. The molecule has 1 aromatic carbocycles. The number of benzene rings is 1. The Kier molecular flexibility index (Phi) is 4.46. The highest BCUT2D eigenvalue weighted by Gasteiger charge is 2.33. The number of hydrogen-bond donors (Lipinski definition) is 1. The van der Waals surface area contributed by atoms with Crippen LogP contribution in [0.3, 0.4) is 0 Å². The molecule has 0 saturated carbocycles. The van der Waals surface area contributed by atoms with Crippen molar-refractivity contribution in [2.45, 2.75) is 43.4 Å². The highest BCUT2D eigenvalue weighted by Crippen LogP contribution is 2.42. The normalized spacial score (nSPS) is 20.3. The lowest BCUT2D eigenvalue weighted by Gasteiger charge is -2.32. The zero-order valence-electron chi connectivity index (χ0n) is 12.2. The van der Waals surface area contributed by atoms with Gasteiger partial charge < -0.3 is 5.73 Å². The van der Waals surface area contributed by atoms with Crippen LogP contribution < -0.4 is 5.73 Å². The van der Waals surface area contributed by atoms with Crippen LogP contribution in [0, 0.1) is 5.41 Å². The largest absolute Gasteiger partial charge is 0.323 e. The number of nitrogens with zero attached hydrogens (tertiary/aromatic N) is 1. The van der Waals surface area contributed by atoms with Crippen LogP contribution in [0.2, 0.25) is 0 Å². The van der Waals surface area contributed by atoms with Crippen LogP contribution in [0.5, 0.6) is 0 Å². The SMILES string of the molecule is CC1(C)Cc2nc(CSc3ccccc3Br)sc2C(N)C1. The van der Waals surface area contributed by atoms with Gasteiger partial charge in [-0.15, -0.1) is 23.1 Å². The summed E-state index contributed by atoms with van der Waals surface area (Å²) in [4.78, 5) is 7.41. The minimum Gasteiger partial charge on any atom is -0.323 e. The molecule has 0 saturated heterocycles. The Balaban J connectivity index is 1.75. The maximum absolute atomic E-state index is 6.32. The molecule has 1 aliphatic rings. The molecule has 0 amide bonds. The number of halogens is 1. The van der Waals surface area contributed by atoms with Crippen LogP contribution in [-0.4, -0.2) is 4.98 Å². The van der Waals surface area contributed by atoms with Gasteiger partial charge in [-0.2, -0.15) is 0 Å². The quantitative estimate of drug-likeness (QED) is 0.743. The van der Waals surface area contributed by atoms with E-state index in [0.717, 1.165) is 23.1 Å². The first-order chi connectivity index (χ1) is 9.94. The van der Waals surface area contributed by atoms with Crippen molar-refractivity contribution in [2.24, 2.45) is 11.1 Å². The average molecular weight is 383 g/mol. The van der Waals surface area contributed by atoms with Gasteiger partial charge in [0.2, 0.25) is 0 Å². The first-order valence-corrected chi connectivity index (χ1v) is 9.65. The molecule has 21 heavy (non-hydrogen) atoms. The molecule has 0 fully saturated rings. The van der Waals surface area contributed by atoms with E-state index < -0.39 is 0 Å². The third-order valence-corrected chi connectivity index (χ3v) is 7.17. The Morgan fingerprint density at radius 1 is 1.43 bits per heavy atom. The Labute approximate surface area is 142 Å². The van der Waals surface area contributed by atoms with Crippen molar-refractivity contribution >= 4 is 39.0 Å². The summed E-state index contributed by atoms with van der Waals surface area (Å²) >= 11 is 7.22. The second-order valence-corrected chi connectivity index (χ2v) is 9.28. The monoisotopic (exact) mass is 382 g/mol. The molecule has 0 radical (unpaired) electrons. The molecule has 0 bridgehead atoms. The van der Waals surface area contributed by atoms with Gasteiger partial charge in [0.15, 0.2) is 0 Å². The Morgan fingerprint density at radius 3 is 2.95 bits per heavy atom. The summed E-state index contributed by atoms with van der Waals surface area (Å²) in [5, 5.41) is 1.19. The highest BCUT2D eigenvalue weighted by molar-refractivity contribution is 9.10. The van der Waals surface area contributed by atoms with Crippen molar-refractivity contribution in [3.63, 3.8) is 0 Å². The van der Waals surface area contributed by atoms with E-state index in [9.17, 15) is 0 Å². The predicted octanol–water partition coefficient (Wildman–Crippen LogP) is 5.17.